The standard InChI is InChI=1S/C14H16NO8P/c16-9-3-1-8(2-4-9)7-14(19,20)13-11(15-24(21,22)23)5-10(17)6-12(13)18/h1-4,6,16,18-20H,5,7H2,(H3,15,21,22,23). The summed E-state index contributed by atoms with van der Waals surface area (Å²) in [5, 5.41) is 41.5. The van der Waals surface area contributed by atoms with E-state index in [4.69, 9.17) is 9.79 Å². The maximum Gasteiger partial charge on any atom is 0.427 e. The van der Waals surface area contributed by atoms with Crippen LogP contribution in [0.25, 0.3) is 0 Å². The van der Waals surface area contributed by atoms with Crippen LogP contribution in [0, 0.1) is 0 Å². The number of ketones is 1. The Balaban J connectivity index is 2.43. The highest BCUT2D eigenvalue weighted by Gasteiger charge is 2.38. The van der Waals surface area contributed by atoms with Crippen molar-refractivity contribution in [3.8, 4) is 5.75 Å². The lowest BCUT2D eigenvalue weighted by molar-refractivity contribution is -0.129. The Labute approximate surface area is 136 Å². The fourth-order valence-electron chi connectivity index (χ4n) is 2.40. The van der Waals surface area contributed by atoms with Crippen LogP contribution in [0.3, 0.4) is 0 Å². The molecule has 0 atom stereocenters. The van der Waals surface area contributed by atoms with Gasteiger partial charge in [0.2, 0.25) is 0 Å². The number of benzene rings is 1. The molecule has 24 heavy (non-hydrogen) atoms. The van der Waals surface area contributed by atoms with E-state index in [2.05, 4.69) is 0 Å². The van der Waals surface area contributed by atoms with Crippen LogP contribution in [0.15, 0.2) is 47.4 Å². The molecule has 1 aromatic carbocycles. The van der Waals surface area contributed by atoms with Crippen LogP contribution >= 0.6 is 7.75 Å². The number of aliphatic hydroxyl groups is 3. The molecule has 130 valence electrons. The number of nitrogens with one attached hydrogen (secondary N) is 1. The van der Waals surface area contributed by atoms with E-state index >= 15 is 0 Å². The molecule has 1 aromatic rings. The van der Waals surface area contributed by atoms with E-state index in [1.165, 1.54) is 24.3 Å². The molecule has 10 heteroatoms. The summed E-state index contributed by atoms with van der Waals surface area (Å²) in [6.07, 6.45) is -0.248. The molecule has 9 nitrogen and oxygen atoms in total. The third-order valence-electron chi connectivity index (χ3n) is 3.27. The topological polar surface area (TPSA) is 168 Å². The number of phenols is 1. The molecule has 0 bridgehead atoms. The fourth-order valence-corrected chi connectivity index (χ4v) is 2.94. The first-order chi connectivity index (χ1) is 11.0. The highest BCUT2D eigenvalue weighted by atomic mass is 31.2. The van der Waals surface area contributed by atoms with Crippen molar-refractivity contribution in [2.75, 3.05) is 0 Å². The van der Waals surface area contributed by atoms with Crippen molar-refractivity contribution in [2.45, 2.75) is 18.6 Å². The SMILES string of the molecule is O=C1C=C(O)C(C(O)(O)Cc2ccc(O)cc2)=C(NP(=O)(O)O)C1. The van der Waals surface area contributed by atoms with E-state index in [-0.39, 0.29) is 5.75 Å². The Morgan fingerprint density at radius 1 is 1.12 bits per heavy atom. The third kappa shape index (κ3) is 4.44. The highest BCUT2D eigenvalue weighted by Crippen LogP contribution is 2.37. The number of aliphatic hydroxyl groups excluding tert-OH is 1. The predicted octanol–water partition coefficient (Wildman–Crippen LogP) is -0.0333. The molecule has 0 heterocycles. The van der Waals surface area contributed by atoms with Crippen LogP contribution in [0.4, 0.5) is 0 Å². The zero-order valence-electron chi connectivity index (χ0n) is 12.2. The maximum absolute atomic E-state index is 11.5. The average Bonchev–Trinajstić information content (AvgIpc) is 2.37. The van der Waals surface area contributed by atoms with Crippen molar-refractivity contribution in [2.24, 2.45) is 0 Å². The number of carbonyl (C=O) groups excluding carboxylic acids is 1. The molecule has 0 radical (unpaired) electrons. The van der Waals surface area contributed by atoms with Gasteiger partial charge in [-0.2, -0.15) is 0 Å². The van der Waals surface area contributed by atoms with Crippen LogP contribution in [-0.2, 0) is 15.8 Å². The van der Waals surface area contributed by atoms with Gasteiger partial charge in [0, 0.05) is 18.2 Å². The van der Waals surface area contributed by atoms with E-state index in [1.54, 1.807) is 5.09 Å². The van der Waals surface area contributed by atoms with Crippen LogP contribution in [0.5, 0.6) is 5.75 Å². The lowest BCUT2D eigenvalue weighted by Gasteiger charge is -2.29. The molecule has 0 unspecified atom stereocenters. The number of aromatic hydroxyl groups is 1. The molecular formula is C14H16NO8P. The first-order valence-electron chi connectivity index (χ1n) is 6.72. The molecule has 1 aliphatic carbocycles. The van der Waals surface area contributed by atoms with Gasteiger partial charge in [-0.15, -0.1) is 0 Å². The van der Waals surface area contributed by atoms with Crippen LogP contribution in [0.2, 0.25) is 0 Å². The second kappa shape index (κ2) is 6.39. The number of allylic oxidation sites excluding steroid dienone is 2. The smallest absolute Gasteiger partial charge is 0.427 e. The summed E-state index contributed by atoms with van der Waals surface area (Å²) in [6.45, 7) is 0. The number of carbonyl (C=O) groups is 1. The van der Waals surface area contributed by atoms with Crippen LogP contribution < -0.4 is 5.09 Å². The summed E-state index contributed by atoms with van der Waals surface area (Å²) >= 11 is 0. The van der Waals surface area contributed by atoms with E-state index in [0.717, 1.165) is 6.08 Å². The summed E-state index contributed by atoms with van der Waals surface area (Å²) in [4.78, 5) is 29.5. The summed E-state index contributed by atoms with van der Waals surface area (Å²) in [7, 11) is -4.84. The number of hydrogen-bond donors (Lipinski definition) is 7. The van der Waals surface area contributed by atoms with Gasteiger partial charge in [-0.25, -0.2) is 4.57 Å². The lowest BCUT2D eigenvalue weighted by Crippen LogP contribution is -2.38. The Morgan fingerprint density at radius 3 is 2.25 bits per heavy atom. The predicted molar refractivity (Wildman–Crippen MR) is 81.5 cm³/mol. The molecule has 0 aliphatic heterocycles. The molecule has 1 aliphatic rings. The summed E-state index contributed by atoms with van der Waals surface area (Å²) in [6, 6.07) is 5.44. The van der Waals surface area contributed by atoms with E-state index in [9.17, 15) is 29.8 Å². The van der Waals surface area contributed by atoms with Gasteiger partial charge in [0.05, 0.1) is 12.0 Å². The van der Waals surface area contributed by atoms with Crippen molar-refractivity contribution >= 4 is 13.5 Å². The second-order valence-corrected chi connectivity index (χ2v) is 6.65. The minimum Gasteiger partial charge on any atom is -0.508 e. The number of hydrogen-bond acceptors (Lipinski definition) is 6. The highest BCUT2D eigenvalue weighted by molar-refractivity contribution is 7.49. The van der Waals surface area contributed by atoms with Crippen molar-refractivity contribution < 1.29 is 39.6 Å². The monoisotopic (exact) mass is 357 g/mol. The Hall–Kier alpha value is -2.16. The Kier molecular flexibility index (Phi) is 4.84. The van der Waals surface area contributed by atoms with Crippen LogP contribution in [0.1, 0.15) is 12.0 Å². The van der Waals surface area contributed by atoms with Crippen molar-refractivity contribution in [3.63, 3.8) is 0 Å². The molecule has 0 spiro atoms. The van der Waals surface area contributed by atoms with E-state index < -0.39 is 49.2 Å². The van der Waals surface area contributed by atoms with Gasteiger partial charge >= 0.3 is 7.75 Å². The molecule has 0 amide bonds. The Morgan fingerprint density at radius 2 is 1.71 bits per heavy atom. The first-order valence-corrected chi connectivity index (χ1v) is 8.33. The maximum atomic E-state index is 11.5. The van der Waals surface area contributed by atoms with Crippen molar-refractivity contribution in [3.05, 3.63) is 52.9 Å². The van der Waals surface area contributed by atoms with E-state index in [1.807, 2.05) is 0 Å². The molecule has 2 rings (SSSR count). The summed E-state index contributed by atoms with van der Waals surface area (Å²) in [5.74, 6) is -4.21. The summed E-state index contributed by atoms with van der Waals surface area (Å²) in [5.41, 5.74) is -0.707. The first kappa shape index (κ1) is 18.2. The number of rotatable bonds is 5. The van der Waals surface area contributed by atoms with Gasteiger partial charge in [-0.05, 0) is 17.7 Å². The molecule has 7 N–H and O–H groups in total. The van der Waals surface area contributed by atoms with Gasteiger partial charge in [0.15, 0.2) is 11.6 Å². The zero-order valence-corrected chi connectivity index (χ0v) is 13.1. The largest absolute Gasteiger partial charge is 0.508 e. The summed E-state index contributed by atoms with van der Waals surface area (Å²) < 4.78 is 11.1. The minimum atomic E-state index is -4.84. The molecular weight excluding hydrogens is 341 g/mol. The van der Waals surface area contributed by atoms with Gasteiger partial charge in [-0.1, -0.05) is 12.1 Å². The van der Waals surface area contributed by atoms with Gasteiger partial charge in [0.1, 0.15) is 11.5 Å². The second-order valence-electron chi connectivity index (χ2n) is 5.34. The quantitative estimate of drug-likeness (QED) is 0.283. The molecule has 0 saturated heterocycles. The van der Waals surface area contributed by atoms with Crippen molar-refractivity contribution in [1.29, 1.82) is 0 Å². The lowest BCUT2D eigenvalue weighted by atomic mass is 9.90. The molecule has 0 aromatic heterocycles. The van der Waals surface area contributed by atoms with Gasteiger partial charge in [0.25, 0.3) is 0 Å². The normalized spacial score (nSPS) is 16.2. The van der Waals surface area contributed by atoms with Crippen molar-refractivity contribution in [1.82, 2.24) is 5.09 Å². The molecule has 0 saturated carbocycles. The Bertz CT molecular complexity index is 759. The molecule has 0 fully saturated rings. The zero-order chi connectivity index (χ0) is 18.1. The minimum absolute atomic E-state index is 0.0330. The van der Waals surface area contributed by atoms with Crippen LogP contribution in [-0.4, -0.2) is 41.8 Å². The average molecular weight is 357 g/mol. The number of phenolic OH excluding ortho intramolecular Hbond substituents is 1. The fraction of sp³-hybridized carbons (Fsp3) is 0.214. The third-order valence-corrected chi connectivity index (χ3v) is 3.84. The van der Waals surface area contributed by atoms with Gasteiger partial charge in [-0.3, -0.25) is 9.88 Å². The van der Waals surface area contributed by atoms with E-state index in [0.29, 0.717) is 5.56 Å². The van der Waals surface area contributed by atoms with Gasteiger partial charge < -0.3 is 30.2 Å².